The minimum absolute atomic E-state index is 0.148. The molecule has 31 heavy (non-hydrogen) atoms. The van der Waals surface area contributed by atoms with Gasteiger partial charge in [-0.25, -0.2) is 9.78 Å². The molecule has 1 aliphatic heterocycles. The first-order chi connectivity index (χ1) is 15.0. The molecule has 1 saturated heterocycles. The molecule has 2 N–H and O–H groups in total. The normalized spacial score (nSPS) is 13.7. The van der Waals surface area contributed by atoms with Crippen molar-refractivity contribution in [3.05, 3.63) is 69.7 Å². The number of hydrogen-bond donors (Lipinski definition) is 2. The zero-order valence-corrected chi connectivity index (χ0v) is 18.7. The van der Waals surface area contributed by atoms with Crippen LogP contribution in [0.15, 0.2) is 53.9 Å². The molecule has 0 bridgehead atoms. The number of nitrogens with one attached hydrogen (secondary N) is 2. The van der Waals surface area contributed by atoms with Gasteiger partial charge in [-0.1, -0.05) is 35.3 Å². The number of carbonyl (C=O) groups excluding carboxylic acids is 2. The van der Waals surface area contributed by atoms with Gasteiger partial charge in [-0.15, -0.1) is 11.3 Å². The van der Waals surface area contributed by atoms with Gasteiger partial charge in [-0.05, 0) is 36.4 Å². The molecular weight excluding hydrogens is 457 g/mol. The van der Waals surface area contributed by atoms with Crippen LogP contribution in [0.5, 0.6) is 0 Å². The van der Waals surface area contributed by atoms with E-state index in [1.165, 1.54) is 11.3 Å². The maximum Gasteiger partial charge on any atom is 0.325 e. The minimum atomic E-state index is -0.453. The van der Waals surface area contributed by atoms with Crippen molar-refractivity contribution in [2.75, 3.05) is 41.7 Å². The Morgan fingerprint density at radius 2 is 1.65 bits per heavy atom. The maximum absolute atomic E-state index is 12.8. The Hall–Kier alpha value is -2.81. The van der Waals surface area contributed by atoms with Crippen molar-refractivity contribution in [1.82, 2.24) is 9.88 Å². The van der Waals surface area contributed by atoms with Crippen molar-refractivity contribution < 1.29 is 9.59 Å². The topological polar surface area (TPSA) is 77.6 Å². The quantitative estimate of drug-likeness (QED) is 0.552. The van der Waals surface area contributed by atoms with Crippen molar-refractivity contribution >= 4 is 63.0 Å². The molecule has 0 atom stereocenters. The summed E-state index contributed by atoms with van der Waals surface area (Å²) in [6.45, 7) is 2.59. The number of urea groups is 1. The van der Waals surface area contributed by atoms with Gasteiger partial charge in [-0.2, -0.15) is 0 Å². The molecule has 0 spiro atoms. The third-order valence-corrected chi connectivity index (χ3v) is 5.99. The molecule has 0 aliphatic carbocycles. The molecule has 7 nitrogen and oxygen atoms in total. The number of hydrogen-bond acceptors (Lipinski definition) is 5. The van der Waals surface area contributed by atoms with E-state index in [0.29, 0.717) is 52.7 Å². The Bertz CT molecular complexity index is 1100. The number of aromatic nitrogens is 1. The molecule has 0 saturated carbocycles. The van der Waals surface area contributed by atoms with Crippen LogP contribution in [-0.4, -0.2) is 48.0 Å². The number of thiazole rings is 1. The minimum Gasteiger partial charge on any atom is -0.368 e. The first kappa shape index (κ1) is 21.4. The summed E-state index contributed by atoms with van der Waals surface area (Å²) in [7, 11) is 0. The van der Waals surface area contributed by atoms with E-state index in [-0.39, 0.29) is 5.91 Å². The zero-order chi connectivity index (χ0) is 21.8. The molecule has 1 fully saturated rings. The van der Waals surface area contributed by atoms with Gasteiger partial charge in [0, 0.05) is 53.0 Å². The van der Waals surface area contributed by atoms with Crippen LogP contribution >= 0.6 is 34.5 Å². The van der Waals surface area contributed by atoms with Crippen LogP contribution in [0.1, 0.15) is 10.5 Å². The van der Waals surface area contributed by atoms with E-state index < -0.39 is 6.03 Å². The van der Waals surface area contributed by atoms with E-state index >= 15 is 0 Å². The summed E-state index contributed by atoms with van der Waals surface area (Å²) in [5.41, 5.74) is 1.93. The number of carbonyl (C=O) groups is 2. The molecule has 0 unspecified atom stereocenters. The second-order valence-corrected chi connectivity index (χ2v) is 8.62. The highest BCUT2D eigenvalue weighted by Gasteiger charge is 2.24. The van der Waals surface area contributed by atoms with Crippen molar-refractivity contribution in [3.63, 3.8) is 0 Å². The first-order valence-electron chi connectivity index (χ1n) is 9.57. The first-order valence-corrected chi connectivity index (χ1v) is 11.2. The third kappa shape index (κ3) is 5.46. The second kappa shape index (κ2) is 9.55. The summed E-state index contributed by atoms with van der Waals surface area (Å²) in [5.74, 6) is -0.148. The number of piperazine rings is 1. The van der Waals surface area contributed by atoms with Crippen LogP contribution in [0.3, 0.4) is 0 Å². The second-order valence-electron chi connectivity index (χ2n) is 6.89. The average Bonchev–Trinajstić information content (AvgIpc) is 3.21. The molecule has 0 radical (unpaired) electrons. The summed E-state index contributed by atoms with van der Waals surface area (Å²) < 4.78 is 0. The fourth-order valence-electron chi connectivity index (χ4n) is 3.26. The van der Waals surface area contributed by atoms with Gasteiger partial charge in [0.15, 0.2) is 5.13 Å². The highest BCUT2D eigenvalue weighted by molar-refractivity contribution is 7.14. The van der Waals surface area contributed by atoms with Crippen molar-refractivity contribution in [3.8, 4) is 0 Å². The molecular formula is C21H19Cl2N5O2S. The Balaban J connectivity index is 1.31. The van der Waals surface area contributed by atoms with Crippen LogP contribution in [0.4, 0.5) is 21.3 Å². The number of amides is 3. The Morgan fingerprint density at radius 1 is 0.935 bits per heavy atom. The third-order valence-electron chi connectivity index (χ3n) is 4.77. The molecule has 3 amide bonds. The predicted molar refractivity (Wildman–Crippen MR) is 126 cm³/mol. The standard InChI is InChI=1S/C21H19Cl2N5O2S/c22-14-3-1-5-16(11-14)24-20(30)26-21-25-18(13-31-21)19(29)28-9-7-27(8-10-28)17-6-2-4-15(23)12-17/h1-6,11-13H,7-10H2,(H2,24,25,26,30). The molecule has 2 aromatic carbocycles. The zero-order valence-electron chi connectivity index (χ0n) is 16.3. The van der Waals surface area contributed by atoms with E-state index in [9.17, 15) is 9.59 Å². The van der Waals surface area contributed by atoms with E-state index in [0.717, 1.165) is 5.69 Å². The van der Waals surface area contributed by atoms with E-state index in [4.69, 9.17) is 23.2 Å². The van der Waals surface area contributed by atoms with Gasteiger partial charge < -0.3 is 15.1 Å². The van der Waals surface area contributed by atoms with Crippen molar-refractivity contribution in [2.24, 2.45) is 0 Å². The molecule has 2 heterocycles. The summed E-state index contributed by atoms with van der Waals surface area (Å²) in [4.78, 5) is 33.2. The summed E-state index contributed by atoms with van der Waals surface area (Å²) in [5, 5.41) is 8.54. The predicted octanol–water partition coefficient (Wildman–Crippen LogP) is 5.06. The highest BCUT2D eigenvalue weighted by atomic mass is 35.5. The van der Waals surface area contributed by atoms with Gasteiger partial charge in [0.1, 0.15) is 5.69 Å². The molecule has 1 aliphatic rings. The van der Waals surface area contributed by atoms with E-state index in [1.54, 1.807) is 34.5 Å². The smallest absolute Gasteiger partial charge is 0.325 e. The van der Waals surface area contributed by atoms with Gasteiger partial charge in [0.05, 0.1) is 0 Å². The van der Waals surface area contributed by atoms with Crippen molar-refractivity contribution in [2.45, 2.75) is 0 Å². The van der Waals surface area contributed by atoms with Crippen LogP contribution in [-0.2, 0) is 0 Å². The Morgan fingerprint density at radius 3 is 2.35 bits per heavy atom. The largest absolute Gasteiger partial charge is 0.368 e. The lowest BCUT2D eigenvalue weighted by molar-refractivity contribution is 0.0741. The SMILES string of the molecule is O=C(Nc1cccc(Cl)c1)Nc1nc(C(=O)N2CCN(c3cccc(Cl)c3)CC2)cs1. The van der Waals surface area contributed by atoms with Crippen LogP contribution in [0.25, 0.3) is 0 Å². The van der Waals surface area contributed by atoms with Gasteiger partial charge in [0.2, 0.25) is 0 Å². The number of nitrogens with zero attached hydrogens (tertiary/aromatic N) is 3. The van der Waals surface area contributed by atoms with E-state index in [1.807, 2.05) is 24.3 Å². The lowest BCUT2D eigenvalue weighted by Gasteiger charge is -2.35. The fraction of sp³-hybridized carbons (Fsp3) is 0.190. The summed E-state index contributed by atoms with van der Waals surface area (Å²) in [6, 6.07) is 14.1. The van der Waals surface area contributed by atoms with Gasteiger partial charge in [-0.3, -0.25) is 10.1 Å². The highest BCUT2D eigenvalue weighted by Crippen LogP contribution is 2.22. The maximum atomic E-state index is 12.8. The number of benzene rings is 2. The summed E-state index contributed by atoms with van der Waals surface area (Å²) >= 11 is 13.2. The molecule has 3 aromatic rings. The molecule has 4 rings (SSSR count). The molecule has 1 aromatic heterocycles. The van der Waals surface area contributed by atoms with Gasteiger partial charge >= 0.3 is 6.03 Å². The van der Waals surface area contributed by atoms with Crippen LogP contribution in [0, 0.1) is 0 Å². The van der Waals surface area contributed by atoms with E-state index in [2.05, 4.69) is 20.5 Å². The monoisotopic (exact) mass is 475 g/mol. The fourth-order valence-corrected chi connectivity index (χ4v) is 4.31. The number of rotatable bonds is 4. The van der Waals surface area contributed by atoms with Crippen LogP contribution < -0.4 is 15.5 Å². The van der Waals surface area contributed by atoms with Gasteiger partial charge in [0.25, 0.3) is 5.91 Å². The Labute approximate surface area is 193 Å². The average molecular weight is 476 g/mol. The Kier molecular flexibility index (Phi) is 6.60. The molecule has 10 heteroatoms. The molecule has 160 valence electrons. The lowest BCUT2D eigenvalue weighted by Crippen LogP contribution is -2.48. The van der Waals surface area contributed by atoms with Crippen molar-refractivity contribution in [1.29, 1.82) is 0 Å². The van der Waals surface area contributed by atoms with Crippen LogP contribution in [0.2, 0.25) is 10.0 Å². The number of halogens is 2. The lowest BCUT2D eigenvalue weighted by atomic mass is 10.2. The number of anilines is 3. The summed E-state index contributed by atoms with van der Waals surface area (Å²) in [6.07, 6.45) is 0.